The van der Waals surface area contributed by atoms with Gasteiger partial charge in [0.2, 0.25) is 0 Å². The number of hydrogen-bond donors (Lipinski definition) is 1. The molecule has 0 heterocycles. The van der Waals surface area contributed by atoms with Crippen LogP contribution in [0.3, 0.4) is 0 Å². The molecule has 0 aliphatic carbocycles. The zero-order valence-corrected chi connectivity index (χ0v) is 7.98. The zero-order chi connectivity index (χ0) is 8.53. The van der Waals surface area contributed by atoms with Crippen molar-refractivity contribution in [1.82, 2.24) is 5.32 Å². The number of nitrogens with zero attached hydrogens (tertiary/aromatic N) is 1. The quantitative estimate of drug-likeness (QED) is 0.368. The number of rotatable bonds is 5. The predicted octanol–water partition coefficient (Wildman–Crippen LogP) is 2.20. The Morgan fingerprint density at radius 3 is 2.45 bits per heavy atom. The van der Waals surface area contributed by atoms with Crippen molar-refractivity contribution in [3.8, 4) is 0 Å². The highest BCUT2D eigenvalue weighted by atomic mass is 15.0. The molecule has 0 radical (unpaired) electrons. The Balaban J connectivity index is 3.44. The molecule has 66 valence electrons. The fourth-order valence-electron chi connectivity index (χ4n) is 1.02. The van der Waals surface area contributed by atoms with E-state index >= 15 is 0 Å². The van der Waals surface area contributed by atoms with Crippen molar-refractivity contribution in [2.45, 2.75) is 39.5 Å². The van der Waals surface area contributed by atoms with Gasteiger partial charge in [-0.15, -0.1) is 0 Å². The Morgan fingerprint density at radius 1 is 1.27 bits per heavy atom. The van der Waals surface area contributed by atoms with Crippen molar-refractivity contribution in [2.75, 3.05) is 13.6 Å². The summed E-state index contributed by atoms with van der Waals surface area (Å²) >= 11 is 0. The van der Waals surface area contributed by atoms with Crippen LogP contribution < -0.4 is 5.32 Å². The fraction of sp³-hybridized carbons (Fsp3) is 0.889. The van der Waals surface area contributed by atoms with Gasteiger partial charge in [-0.1, -0.05) is 19.8 Å². The second-order valence-electron chi connectivity index (χ2n) is 2.63. The lowest BCUT2D eigenvalue weighted by molar-refractivity contribution is 0.732. The van der Waals surface area contributed by atoms with Crippen LogP contribution in [0.25, 0.3) is 0 Å². The number of aliphatic imine (C=N–C) groups is 1. The highest BCUT2D eigenvalue weighted by Crippen LogP contribution is 1.99. The molecule has 0 aromatic heterocycles. The van der Waals surface area contributed by atoms with Crippen LogP contribution in [0.2, 0.25) is 0 Å². The van der Waals surface area contributed by atoms with E-state index in [0.29, 0.717) is 0 Å². The first-order chi connectivity index (χ1) is 5.35. The lowest BCUT2D eigenvalue weighted by atomic mass is 10.2. The Hall–Kier alpha value is -0.530. The summed E-state index contributed by atoms with van der Waals surface area (Å²) in [6.45, 7) is 5.18. The summed E-state index contributed by atoms with van der Waals surface area (Å²) in [5.74, 6) is 1.15. The van der Waals surface area contributed by atoms with E-state index in [1.54, 1.807) is 0 Å². The van der Waals surface area contributed by atoms with Gasteiger partial charge in [0.15, 0.2) is 0 Å². The molecule has 0 amide bonds. The molecule has 0 aromatic carbocycles. The van der Waals surface area contributed by atoms with Crippen molar-refractivity contribution in [2.24, 2.45) is 4.99 Å². The van der Waals surface area contributed by atoms with Crippen LogP contribution in [0.4, 0.5) is 0 Å². The molecule has 0 spiro atoms. The van der Waals surface area contributed by atoms with E-state index in [0.717, 1.165) is 18.8 Å². The highest BCUT2D eigenvalue weighted by Gasteiger charge is 1.93. The fourth-order valence-corrected chi connectivity index (χ4v) is 1.02. The molecule has 2 nitrogen and oxygen atoms in total. The molecule has 0 atom stereocenters. The van der Waals surface area contributed by atoms with E-state index in [1.807, 2.05) is 7.05 Å². The van der Waals surface area contributed by atoms with Crippen molar-refractivity contribution in [3.63, 3.8) is 0 Å². The van der Waals surface area contributed by atoms with Crippen molar-refractivity contribution >= 4 is 5.84 Å². The SMILES string of the molecule is CCCCC/C(=N\CC)NC. The Morgan fingerprint density at radius 2 is 2.00 bits per heavy atom. The molecule has 2 heteroatoms. The van der Waals surface area contributed by atoms with Crippen LogP contribution in [-0.4, -0.2) is 19.4 Å². The molecule has 0 aliphatic rings. The monoisotopic (exact) mass is 156 g/mol. The van der Waals surface area contributed by atoms with E-state index < -0.39 is 0 Å². The first-order valence-corrected chi connectivity index (χ1v) is 4.56. The maximum Gasteiger partial charge on any atom is 0.0960 e. The van der Waals surface area contributed by atoms with Gasteiger partial charge in [-0.25, -0.2) is 0 Å². The van der Waals surface area contributed by atoms with E-state index in [2.05, 4.69) is 24.2 Å². The average Bonchev–Trinajstić information content (AvgIpc) is 2.03. The molecule has 1 N–H and O–H groups in total. The molecular weight excluding hydrogens is 136 g/mol. The standard InChI is InChI=1S/C9H20N2/c1-4-6-7-8-9(10-3)11-5-2/h4-8H2,1-3H3,(H,10,11). The summed E-state index contributed by atoms with van der Waals surface area (Å²) in [6, 6.07) is 0. The van der Waals surface area contributed by atoms with Crippen molar-refractivity contribution < 1.29 is 0 Å². The van der Waals surface area contributed by atoms with Crippen molar-refractivity contribution in [1.29, 1.82) is 0 Å². The van der Waals surface area contributed by atoms with E-state index in [-0.39, 0.29) is 0 Å². The molecule has 0 unspecified atom stereocenters. The minimum Gasteiger partial charge on any atom is -0.377 e. The average molecular weight is 156 g/mol. The molecule has 0 aliphatic heterocycles. The third-order valence-electron chi connectivity index (χ3n) is 1.65. The van der Waals surface area contributed by atoms with Gasteiger partial charge in [0.1, 0.15) is 0 Å². The number of nitrogens with one attached hydrogen (secondary N) is 1. The maximum absolute atomic E-state index is 4.32. The molecule has 0 saturated carbocycles. The first kappa shape index (κ1) is 10.5. The van der Waals surface area contributed by atoms with Crippen LogP contribution in [0.15, 0.2) is 4.99 Å². The minimum absolute atomic E-state index is 0.891. The zero-order valence-electron chi connectivity index (χ0n) is 7.98. The molecule has 11 heavy (non-hydrogen) atoms. The number of unbranched alkanes of at least 4 members (excludes halogenated alkanes) is 2. The second kappa shape index (κ2) is 7.58. The van der Waals surface area contributed by atoms with Gasteiger partial charge < -0.3 is 5.32 Å². The Kier molecular flexibility index (Phi) is 7.21. The van der Waals surface area contributed by atoms with Gasteiger partial charge in [-0.3, -0.25) is 4.99 Å². The van der Waals surface area contributed by atoms with Crippen LogP contribution in [0.1, 0.15) is 39.5 Å². The summed E-state index contributed by atoms with van der Waals surface area (Å²) in [5.41, 5.74) is 0. The molecule has 0 aromatic rings. The molecule has 0 fully saturated rings. The van der Waals surface area contributed by atoms with Crippen LogP contribution in [0, 0.1) is 0 Å². The van der Waals surface area contributed by atoms with Crippen molar-refractivity contribution in [3.05, 3.63) is 0 Å². The lowest BCUT2D eigenvalue weighted by Gasteiger charge is -2.03. The van der Waals surface area contributed by atoms with Crippen LogP contribution >= 0.6 is 0 Å². The highest BCUT2D eigenvalue weighted by molar-refractivity contribution is 5.81. The van der Waals surface area contributed by atoms with Gasteiger partial charge in [0.25, 0.3) is 0 Å². The second-order valence-corrected chi connectivity index (χ2v) is 2.63. The third kappa shape index (κ3) is 5.89. The topological polar surface area (TPSA) is 24.4 Å². The smallest absolute Gasteiger partial charge is 0.0960 e. The summed E-state index contributed by atoms with van der Waals surface area (Å²) in [6.07, 6.45) is 4.96. The van der Waals surface area contributed by atoms with Gasteiger partial charge in [0, 0.05) is 20.0 Å². The largest absolute Gasteiger partial charge is 0.377 e. The third-order valence-corrected chi connectivity index (χ3v) is 1.65. The summed E-state index contributed by atoms with van der Waals surface area (Å²) in [4.78, 5) is 4.32. The Bertz CT molecular complexity index is 108. The maximum atomic E-state index is 4.32. The molecule has 0 bridgehead atoms. The van der Waals surface area contributed by atoms with Gasteiger partial charge in [-0.2, -0.15) is 0 Å². The summed E-state index contributed by atoms with van der Waals surface area (Å²) in [7, 11) is 1.94. The van der Waals surface area contributed by atoms with Crippen LogP contribution in [0.5, 0.6) is 0 Å². The molecule has 0 saturated heterocycles. The van der Waals surface area contributed by atoms with Gasteiger partial charge in [-0.05, 0) is 13.3 Å². The first-order valence-electron chi connectivity index (χ1n) is 4.56. The Labute approximate surface area is 70.1 Å². The number of hydrogen-bond acceptors (Lipinski definition) is 1. The molecular formula is C9H20N2. The van der Waals surface area contributed by atoms with Gasteiger partial charge in [0.05, 0.1) is 5.84 Å². The summed E-state index contributed by atoms with van der Waals surface area (Å²) < 4.78 is 0. The van der Waals surface area contributed by atoms with Gasteiger partial charge >= 0.3 is 0 Å². The number of amidine groups is 1. The lowest BCUT2D eigenvalue weighted by Crippen LogP contribution is -2.18. The normalized spacial score (nSPS) is 11.7. The van der Waals surface area contributed by atoms with E-state index in [1.165, 1.54) is 19.3 Å². The minimum atomic E-state index is 0.891. The van der Waals surface area contributed by atoms with Crippen LogP contribution in [-0.2, 0) is 0 Å². The van der Waals surface area contributed by atoms with E-state index in [4.69, 9.17) is 0 Å². The van der Waals surface area contributed by atoms with E-state index in [9.17, 15) is 0 Å². The molecule has 0 rings (SSSR count). The predicted molar refractivity (Wildman–Crippen MR) is 51.2 cm³/mol. The summed E-state index contributed by atoms with van der Waals surface area (Å²) in [5, 5.41) is 3.11.